The second-order valence-electron chi connectivity index (χ2n) is 7.93. The summed E-state index contributed by atoms with van der Waals surface area (Å²) in [5.74, 6) is 0.976. The largest absolute Gasteiger partial charge is 0.355 e. The molecule has 0 radical (unpaired) electrons. The summed E-state index contributed by atoms with van der Waals surface area (Å²) in [5, 5.41) is 3.28. The lowest BCUT2D eigenvalue weighted by molar-refractivity contribution is -0.126. The molecule has 3 heteroatoms. The van der Waals surface area contributed by atoms with Gasteiger partial charge in [-0.3, -0.25) is 4.79 Å². The SMILES string of the molecule is CC(C)CC1(CNC(=O)C2CCCCCC2N)CCCC1. The molecule has 0 bridgehead atoms. The minimum Gasteiger partial charge on any atom is -0.355 e. The van der Waals surface area contributed by atoms with E-state index in [2.05, 4.69) is 19.2 Å². The molecule has 2 atom stereocenters. The molecule has 21 heavy (non-hydrogen) atoms. The summed E-state index contributed by atoms with van der Waals surface area (Å²) >= 11 is 0. The fourth-order valence-corrected chi connectivity index (χ4v) is 4.51. The van der Waals surface area contributed by atoms with Crippen molar-refractivity contribution in [2.24, 2.45) is 23.0 Å². The van der Waals surface area contributed by atoms with E-state index in [9.17, 15) is 4.79 Å². The highest BCUT2D eigenvalue weighted by molar-refractivity contribution is 5.79. The van der Waals surface area contributed by atoms with Gasteiger partial charge in [-0.2, -0.15) is 0 Å². The first kappa shape index (κ1) is 16.8. The highest BCUT2D eigenvalue weighted by Crippen LogP contribution is 2.42. The molecule has 2 unspecified atom stereocenters. The van der Waals surface area contributed by atoms with Crippen molar-refractivity contribution in [2.75, 3.05) is 6.54 Å². The van der Waals surface area contributed by atoms with Gasteiger partial charge in [0.2, 0.25) is 5.91 Å². The van der Waals surface area contributed by atoms with Gasteiger partial charge in [-0.1, -0.05) is 46.0 Å². The van der Waals surface area contributed by atoms with E-state index in [0.29, 0.717) is 11.3 Å². The molecule has 0 heterocycles. The van der Waals surface area contributed by atoms with E-state index in [1.165, 1.54) is 44.9 Å². The average molecular weight is 294 g/mol. The van der Waals surface area contributed by atoms with Gasteiger partial charge in [0.1, 0.15) is 0 Å². The molecule has 0 aromatic carbocycles. The van der Waals surface area contributed by atoms with Crippen LogP contribution in [0.1, 0.15) is 78.1 Å². The lowest BCUT2D eigenvalue weighted by atomic mass is 9.78. The van der Waals surface area contributed by atoms with Gasteiger partial charge in [0.25, 0.3) is 0 Å². The van der Waals surface area contributed by atoms with Crippen LogP contribution >= 0.6 is 0 Å². The zero-order chi connectivity index (χ0) is 15.3. The molecule has 3 N–H and O–H groups in total. The van der Waals surface area contributed by atoms with Crippen LogP contribution in [0.3, 0.4) is 0 Å². The molecule has 0 aromatic rings. The van der Waals surface area contributed by atoms with Crippen molar-refractivity contribution in [3.8, 4) is 0 Å². The fourth-order valence-electron chi connectivity index (χ4n) is 4.51. The quantitative estimate of drug-likeness (QED) is 0.761. The van der Waals surface area contributed by atoms with Crippen LogP contribution < -0.4 is 11.1 Å². The van der Waals surface area contributed by atoms with Crippen molar-refractivity contribution < 1.29 is 4.79 Å². The molecule has 0 aliphatic heterocycles. The topological polar surface area (TPSA) is 55.1 Å². The Bertz CT molecular complexity index is 334. The number of carbonyl (C=O) groups is 1. The monoisotopic (exact) mass is 294 g/mol. The molecule has 2 aliphatic carbocycles. The van der Waals surface area contributed by atoms with Crippen molar-refractivity contribution in [3.05, 3.63) is 0 Å². The Balaban J connectivity index is 1.89. The van der Waals surface area contributed by atoms with Crippen molar-refractivity contribution in [1.29, 1.82) is 0 Å². The Hall–Kier alpha value is -0.570. The maximum atomic E-state index is 12.6. The standard InChI is InChI=1S/C18H34N2O/c1-14(2)12-18(10-6-7-11-18)13-20-17(21)15-8-4-3-5-9-16(15)19/h14-16H,3-13,19H2,1-2H3,(H,20,21). The first-order chi connectivity index (χ1) is 10.0. The molecular formula is C18H34N2O. The molecule has 0 spiro atoms. The molecule has 3 nitrogen and oxygen atoms in total. The Labute approximate surface area is 130 Å². The van der Waals surface area contributed by atoms with Crippen LogP contribution in [0, 0.1) is 17.3 Å². The van der Waals surface area contributed by atoms with Gasteiger partial charge < -0.3 is 11.1 Å². The number of nitrogens with two attached hydrogens (primary N) is 1. The van der Waals surface area contributed by atoms with Crippen LogP contribution in [0.15, 0.2) is 0 Å². The van der Waals surface area contributed by atoms with Gasteiger partial charge in [0.05, 0.1) is 5.92 Å². The Kier molecular flexibility index (Phi) is 6.09. The molecule has 1 amide bonds. The number of hydrogen-bond acceptors (Lipinski definition) is 2. The highest BCUT2D eigenvalue weighted by atomic mass is 16.1. The Morgan fingerprint density at radius 3 is 2.48 bits per heavy atom. The predicted octanol–water partition coefficient (Wildman–Crippen LogP) is 3.62. The summed E-state index contributed by atoms with van der Waals surface area (Å²) in [6.07, 6.45) is 12.0. The summed E-state index contributed by atoms with van der Waals surface area (Å²) in [5.41, 5.74) is 6.58. The lowest BCUT2D eigenvalue weighted by Crippen LogP contribution is -2.45. The summed E-state index contributed by atoms with van der Waals surface area (Å²) in [6.45, 7) is 5.46. The van der Waals surface area contributed by atoms with Gasteiger partial charge in [-0.15, -0.1) is 0 Å². The maximum absolute atomic E-state index is 12.6. The molecule has 0 aromatic heterocycles. The molecule has 0 saturated heterocycles. The van der Waals surface area contributed by atoms with Gasteiger partial charge >= 0.3 is 0 Å². The van der Waals surface area contributed by atoms with Crippen LogP contribution in [0.5, 0.6) is 0 Å². The summed E-state index contributed by atoms with van der Waals surface area (Å²) in [7, 11) is 0. The molecule has 2 aliphatic rings. The number of rotatable bonds is 5. The van der Waals surface area contributed by atoms with Crippen LogP contribution in [0.4, 0.5) is 0 Å². The van der Waals surface area contributed by atoms with E-state index in [-0.39, 0.29) is 17.9 Å². The molecule has 2 fully saturated rings. The van der Waals surface area contributed by atoms with Crippen molar-refractivity contribution in [3.63, 3.8) is 0 Å². The number of amides is 1. The number of hydrogen-bond donors (Lipinski definition) is 2. The van der Waals surface area contributed by atoms with Gasteiger partial charge in [-0.05, 0) is 43.4 Å². The van der Waals surface area contributed by atoms with Gasteiger partial charge in [0, 0.05) is 12.6 Å². The van der Waals surface area contributed by atoms with Crippen LogP contribution in [-0.4, -0.2) is 18.5 Å². The summed E-state index contributed by atoms with van der Waals surface area (Å²) in [6, 6.07) is 0.0668. The van der Waals surface area contributed by atoms with Gasteiger partial charge in [0.15, 0.2) is 0 Å². The smallest absolute Gasteiger partial charge is 0.224 e. The van der Waals surface area contributed by atoms with Crippen LogP contribution in [0.2, 0.25) is 0 Å². The van der Waals surface area contributed by atoms with Crippen LogP contribution in [-0.2, 0) is 4.79 Å². The number of nitrogens with one attached hydrogen (secondary N) is 1. The predicted molar refractivity (Wildman–Crippen MR) is 87.9 cm³/mol. The minimum atomic E-state index is 0.0463. The third kappa shape index (κ3) is 4.70. The second-order valence-corrected chi connectivity index (χ2v) is 7.93. The fraction of sp³-hybridized carbons (Fsp3) is 0.944. The van der Waals surface area contributed by atoms with Crippen molar-refractivity contribution in [2.45, 2.75) is 84.1 Å². The molecule has 2 rings (SSSR count). The zero-order valence-corrected chi connectivity index (χ0v) is 14.0. The third-order valence-electron chi connectivity index (χ3n) is 5.55. The van der Waals surface area contributed by atoms with E-state index in [1.54, 1.807) is 0 Å². The second kappa shape index (κ2) is 7.62. The molecular weight excluding hydrogens is 260 g/mol. The van der Waals surface area contributed by atoms with Crippen molar-refractivity contribution in [1.82, 2.24) is 5.32 Å². The van der Waals surface area contributed by atoms with E-state index in [0.717, 1.165) is 25.8 Å². The van der Waals surface area contributed by atoms with Gasteiger partial charge in [-0.25, -0.2) is 0 Å². The number of carbonyl (C=O) groups excluding carboxylic acids is 1. The minimum absolute atomic E-state index is 0.0463. The zero-order valence-electron chi connectivity index (χ0n) is 14.0. The van der Waals surface area contributed by atoms with Crippen molar-refractivity contribution >= 4 is 5.91 Å². The third-order valence-corrected chi connectivity index (χ3v) is 5.55. The lowest BCUT2D eigenvalue weighted by Gasteiger charge is -2.32. The van der Waals surface area contributed by atoms with E-state index < -0.39 is 0 Å². The Morgan fingerprint density at radius 1 is 1.14 bits per heavy atom. The average Bonchev–Trinajstić information content (AvgIpc) is 2.77. The summed E-state index contributed by atoms with van der Waals surface area (Å²) < 4.78 is 0. The molecule has 2 saturated carbocycles. The summed E-state index contributed by atoms with van der Waals surface area (Å²) in [4.78, 5) is 12.6. The van der Waals surface area contributed by atoms with E-state index in [1.807, 2.05) is 0 Å². The molecule has 122 valence electrons. The highest BCUT2D eigenvalue weighted by Gasteiger charge is 2.36. The first-order valence-corrected chi connectivity index (χ1v) is 9.06. The Morgan fingerprint density at radius 2 is 1.81 bits per heavy atom. The first-order valence-electron chi connectivity index (χ1n) is 9.06. The maximum Gasteiger partial charge on any atom is 0.224 e. The van der Waals surface area contributed by atoms with E-state index >= 15 is 0 Å². The van der Waals surface area contributed by atoms with Crippen LogP contribution in [0.25, 0.3) is 0 Å². The normalized spacial score (nSPS) is 29.3. The van der Waals surface area contributed by atoms with E-state index in [4.69, 9.17) is 5.73 Å².